The Morgan fingerprint density at radius 3 is 2.33 bits per heavy atom. The summed E-state index contributed by atoms with van der Waals surface area (Å²) in [6.07, 6.45) is 0.615. The Morgan fingerprint density at radius 1 is 0.927 bits per heavy atom. The van der Waals surface area contributed by atoms with Gasteiger partial charge in [0.15, 0.2) is 0 Å². The highest BCUT2D eigenvalue weighted by atomic mass is 16.5. The van der Waals surface area contributed by atoms with Gasteiger partial charge in [-0.15, -0.1) is 0 Å². The van der Waals surface area contributed by atoms with Crippen molar-refractivity contribution in [1.29, 1.82) is 0 Å². The molecular formula is C43H54N2O10. The molecule has 9 rings (SSSR count). The van der Waals surface area contributed by atoms with Crippen molar-refractivity contribution in [2.75, 3.05) is 53.0 Å². The van der Waals surface area contributed by atoms with Gasteiger partial charge in [-0.1, -0.05) is 56.3 Å². The number of likely N-dealkylation sites (N-methyl/N-ethyl adjacent to an activating group) is 1. The van der Waals surface area contributed by atoms with Crippen molar-refractivity contribution >= 4 is 23.5 Å². The molecule has 2 N–H and O–H groups in total. The van der Waals surface area contributed by atoms with Crippen LogP contribution in [-0.4, -0.2) is 123 Å². The molecule has 2 aliphatic heterocycles. The molecule has 0 aromatic heterocycles. The zero-order valence-corrected chi connectivity index (χ0v) is 32.6. The second-order valence-electron chi connectivity index (χ2n) is 17.5. The van der Waals surface area contributed by atoms with Gasteiger partial charge in [-0.25, -0.2) is 9.69 Å². The highest BCUT2D eigenvalue weighted by Gasteiger charge is 2.91. The summed E-state index contributed by atoms with van der Waals surface area (Å²) in [7, 11) is 6.71. The fraction of sp³-hybridized carbons (Fsp3) is 0.651. The lowest BCUT2D eigenvalue weighted by Crippen LogP contribution is -2.82. The molecule has 4 unspecified atom stereocenters. The molecule has 2 aromatic carbocycles. The van der Waals surface area contributed by atoms with E-state index >= 15 is 0 Å². The van der Waals surface area contributed by atoms with Gasteiger partial charge in [0.1, 0.15) is 11.2 Å². The zero-order chi connectivity index (χ0) is 38.8. The highest BCUT2D eigenvalue weighted by Crippen LogP contribution is 2.80. The summed E-state index contributed by atoms with van der Waals surface area (Å²) in [4.78, 5) is 45.6. The van der Waals surface area contributed by atoms with Gasteiger partial charge in [-0.05, 0) is 49.4 Å². The number of benzene rings is 2. The molecule has 2 saturated heterocycles. The van der Waals surface area contributed by atoms with Gasteiger partial charge in [0.2, 0.25) is 11.8 Å². The average molecular weight is 759 g/mol. The molecule has 5 aliphatic carbocycles. The van der Waals surface area contributed by atoms with E-state index in [1.54, 1.807) is 59.6 Å². The maximum atomic E-state index is 14.4. The normalized spacial score (nSPS) is 45.3. The van der Waals surface area contributed by atoms with Crippen LogP contribution in [-0.2, 0) is 33.3 Å². The first-order valence-electron chi connectivity index (χ1n) is 19.9. The van der Waals surface area contributed by atoms with E-state index in [4.69, 9.17) is 23.7 Å². The van der Waals surface area contributed by atoms with Crippen LogP contribution in [0.4, 0.5) is 5.69 Å². The number of carbonyl (C=O) groups excluding carboxylic acids is 3. The molecule has 15 atom stereocenters. The van der Waals surface area contributed by atoms with E-state index in [1.165, 1.54) is 0 Å². The number of carbonyl (C=O) groups is 3. The predicted molar refractivity (Wildman–Crippen MR) is 199 cm³/mol. The SMILES string of the molecule is CCN1C[C@]2(COC(=O)c3ccccc3N3C(=O)C(C)[C@H](c4ccccc4)C3=O)CC[C@H](OC)C34C2[C@H](OC)[C@](O)(C13)[C@@]1(O)C[C@H](OC)[C@H]2C[C@@H]4[C@@H]1[C@H]2OC. The Bertz CT molecular complexity index is 1880. The molecule has 2 heterocycles. The van der Waals surface area contributed by atoms with Gasteiger partial charge in [0.25, 0.3) is 0 Å². The second kappa shape index (κ2) is 12.9. The van der Waals surface area contributed by atoms with Crippen LogP contribution in [0.1, 0.15) is 61.4 Å². The lowest BCUT2D eigenvalue weighted by atomic mass is 9.42. The molecule has 12 heteroatoms. The number of piperidine rings is 1. The van der Waals surface area contributed by atoms with Crippen LogP contribution in [0.5, 0.6) is 0 Å². The molecule has 12 nitrogen and oxygen atoms in total. The van der Waals surface area contributed by atoms with Crippen LogP contribution >= 0.6 is 0 Å². The summed E-state index contributed by atoms with van der Waals surface area (Å²) in [5.74, 6) is -3.44. The molecule has 1 spiro atoms. The Labute approximate surface area is 322 Å². The molecular weight excluding hydrogens is 704 g/mol. The van der Waals surface area contributed by atoms with E-state index in [0.717, 1.165) is 16.9 Å². The highest BCUT2D eigenvalue weighted by molar-refractivity contribution is 6.25. The minimum atomic E-state index is -1.71. The Hall–Kier alpha value is -3.23. The molecule has 55 heavy (non-hydrogen) atoms. The lowest BCUT2D eigenvalue weighted by Gasteiger charge is -2.70. The van der Waals surface area contributed by atoms with Crippen LogP contribution < -0.4 is 4.90 Å². The molecule has 296 valence electrons. The molecule has 7 bridgehead atoms. The number of imide groups is 1. The zero-order valence-electron chi connectivity index (χ0n) is 32.6. The van der Waals surface area contributed by atoms with Crippen molar-refractivity contribution in [2.24, 2.45) is 40.4 Å². The van der Waals surface area contributed by atoms with E-state index in [1.807, 2.05) is 30.3 Å². The summed E-state index contributed by atoms with van der Waals surface area (Å²) in [5, 5.41) is 26.8. The summed E-state index contributed by atoms with van der Waals surface area (Å²) in [6.45, 7) is 4.94. The van der Waals surface area contributed by atoms with E-state index < -0.39 is 52.0 Å². The fourth-order valence-corrected chi connectivity index (χ4v) is 14.3. The van der Waals surface area contributed by atoms with Crippen LogP contribution in [0, 0.1) is 40.4 Å². The number of anilines is 1. The van der Waals surface area contributed by atoms with Crippen LogP contribution in [0.15, 0.2) is 54.6 Å². The summed E-state index contributed by atoms with van der Waals surface area (Å²) < 4.78 is 31.6. The number of fused-ring (bicyclic) bond motifs is 2. The largest absolute Gasteiger partial charge is 0.461 e. The van der Waals surface area contributed by atoms with Crippen molar-refractivity contribution in [3.8, 4) is 0 Å². The number of rotatable bonds is 10. The number of methoxy groups -OCH3 is 4. The first-order chi connectivity index (χ1) is 26.4. The summed E-state index contributed by atoms with van der Waals surface area (Å²) >= 11 is 0. The average Bonchev–Trinajstić information content (AvgIpc) is 3.71. The monoisotopic (exact) mass is 758 g/mol. The molecule has 5 saturated carbocycles. The Balaban J connectivity index is 1.10. The van der Waals surface area contributed by atoms with Crippen molar-refractivity contribution in [2.45, 2.75) is 87.1 Å². The van der Waals surface area contributed by atoms with Gasteiger partial charge >= 0.3 is 5.97 Å². The topological polar surface area (TPSA) is 144 Å². The maximum Gasteiger partial charge on any atom is 0.340 e. The maximum absolute atomic E-state index is 14.4. The number of aliphatic hydroxyl groups is 2. The molecule has 2 amide bonds. The number of amides is 2. The molecule has 2 aromatic rings. The summed E-state index contributed by atoms with van der Waals surface area (Å²) in [6, 6.07) is 15.4. The number of likely N-dealkylation sites (tertiary alicyclic amines) is 1. The van der Waals surface area contributed by atoms with Gasteiger partial charge < -0.3 is 33.9 Å². The van der Waals surface area contributed by atoms with Crippen LogP contribution in [0.2, 0.25) is 0 Å². The summed E-state index contributed by atoms with van der Waals surface area (Å²) in [5.41, 5.74) is -3.56. The molecule has 0 radical (unpaired) electrons. The smallest absolute Gasteiger partial charge is 0.340 e. The van der Waals surface area contributed by atoms with E-state index in [0.29, 0.717) is 25.9 Å². The third-order valence-corrected chi connectivity index (χ3v) is 15.9. The van der Waals surface area contributed by atoms with Gasteiger partial charge in [0, 0.05) is 70.0 Å². The predicted octanol–water partition coefficient (Wildman–Crippen LogP) is 3.43. The van der Waals surface area contributed by atoms with E-state index in [2.05, 4.69) is 11.8 Å². The second-order valence-corrected chi connectivity index (χ2v) is 17.5. The molecule has 7 aliphatic rings. The number of hydrogen-bond donors (Lipinski definition) is 2. The van der Waals surface area contributed by atoms with E-state index in [9.17, 15) is 24.6 Å². The van der Waals surface area contributed by atoms with Crippen LogP contribution in [0.25, 0.3) is 0 Å². The number of hydrogen-bond acceptors (Lipinski definition) is 11. The van der Waals surface area contributed by atoms with Gasteiger partial charge in [0.05, 0.1) is 60.2 Å². The number of para-hydroxylation sites is 1. The van der Waals surface area contributed by atoms with Crippen molar-refractivity contribution in [3.05, 3.63) is 65.7 Å². The third-order valence-electron chi connectivity index (χ3n) is 15.9. The van der Waals surface area contributed by atoms with Gasteiger partial charge in [-0.3, -0.25) is 14.5 Å². The number of nitrogens with zero attached hydrogens (tertiary/aromatic N) is 2. The van der Waals surface area contributed by atoms with Crippen molar-refractivity contribution < 1.29 is 48.3 Å². The molecule has 7 fully saturated rings. The minimum absolute atomic E-state index is 0.0146. The lowest BCUT2D eigenvalue weighted by molar-refractivity contribution is -0.320. The minimum Gasteiger partial charge on any atom is -0.461 e. The van der Waals surface area contributed by atoms with Crippen LogP contribution in [0.3, 0.4) is 0 Å². The Morgan fingerprint density at radius 2 is 1.65 bits per heavy atom. The fourth-order valence-electron chi connectivity index (χ4n) is 14.3. The van der Waals surface area contributed by atoms with E-state index in [-0.39, 0.29) is 78.1 Å². The third kappa shape index (κ3) is 4.45. The first kappa shape index (κ1) is 37.4. The number of ether oxygens (including phenoxy) is 5. The van der Waals surface area contributed by atoms with Gasteiger partial charge in [-0.2, -0.15) is 0 Å². The van der Waals surface area contributed by atoms with Crippen molar-refractivity contribution in [3.63, 3.8) is 0 Å². The standard InChI is InChI=1S/C43H54N2O10/c1-7-44-21-40(22-55-38(48)25-15-11-12-16-28(25)45-36(46)23(2)31(37(45)47)24-13-9-8-10-14-24)18-17-30(52-4)42-27-19-26-29(51-3)20-41(49,32(27)33(26)53-5)43(50,39(42)44)35(54-6)34(40)42/h8-16,23,26-27,29-35,39,49-50H,7,17-22H2,1-6H3/t23?,26-,27-,29+,30+,31-,32-,33+,34?,35+,39?,40+,41-,42?,43+/m1/s1. The quantitative estimate of drug-likeness (QED) is 0.272. The first-order valence-corrected chi connectivity index (χ1v) is 19.9. The van der Waals surface area contributed by atoms with Crippen molar-refractivity contribution in [1.82, 2.24) is 4.90 Å². The number of esters is 1. The Kier molecular flexibility index (Phi) is 8.75.